The van der Waals surface area contributed by atoms with Crippen LogP contribution in [0, 0.1) is 5.82 Å². The third kappa shape index (κ3) is 3.12. The number of halogens is 1. The van der Waals surface area contributed by atoms with E-state index in [2.05, 4.69) is 20.7 Å². The molecule has 1 heterocycles. The number of hydrogen-bond acceptors (Lipinski definition) is 6. The van der Waals surface area contributed by atoms with Crippen LogP contribution in [0.1, 0.15) is 18.5 Å². The van der Waals surface area contributed by atoms with Crippen molar-refractivity contribution in [1.82, 2.24) is 9.97 Å². The van der Waals surface area contributed by atoms with E-state index in [1.165, 1.54) is 0 Å². The molecule has 4 N–H and O–H groups in total. The summed E-state index contributed by atoms with van der Waals surface area (Å²) in [5, 5.41) is 2.98. The Balaban J connectivity index is 2.15. The smallest absolute Gasteiger partial charge is 0.239 e. The van der Waals surface area contributed by atoms with Gasteiger partial charge in [-0.1, -0.05) is 12.1 Å². The largest absolute Gasteiger partial charge is 0.497 e. The normalized spacial score (nSPS) is 11.8. The molecule has 20 heavy (non-hydrogen) atoms. The Morgan fingerprint density at radius 3 is 2.60 bits per heavy atom. The lowest BCUT2D eigenvalue weighted by molar-refractivity contribution is 0.414. The summed E-state index contributed by atoms with van der Waals surface area (Å²) >= 11 is 0. The number of nitrogens with two attached hydrogens (primary N) is 1. The summed E-state index contributed by atoms with van der Waals surface area (Å²) in [6, 6.07) is 7.36. The number of hydrazine groups is 1. The standard InChI is InChI=1S/C13H16FN5O/c1-8(9-3-5-10(20-2)6-4-9)17-12-11(14)7-16-13(18-12)19-15/h3-8H,15H2,1-2H3,(H2,16,17,18,19). The maximum atomic E-state index is 13.6. The van der Waals surface area contributed by atoms with Crippen molar-refractivity contribution in [2.24, 2.45) is 5.84 Å². The van der Waals surface area contributed by atoms with Gasteiger partial charge in [-0.3, -0.25) is 5.43 Å². The molecule has 0 radical (unpaired) electrons. The monoisotopic (exact) mass is 277 g/mol. The number of rotatable bonds is 5. The first-order chi connectivity index (χ1) is 9.63. The molecule has 0 spiro atoms. The third-order valence-corrected chi connectivity index (χ3v) is 2.84. The van der Waals surface area contributed by atoms with Crippen LogP contribution in [0.3, 0.4) is 0 Å². The second kappa shape index (κ2) is 6.16. The van der Waals surface area contributed by atoms with Crippen molar-refractivity contribution < 1.29 is 9.13 Å². The van der Waals surface area contributed by atoms with Gasteiger partial charge >= 0.3 is 0 Å². The predicted octanol–water partition coefficient (Wildman–Crippen LogP) is 2.08. The van der Waals surface area contributed by atoms with Gasteiger partial charge in [-0.05, 0) is 24.6 Å². The number of hydrogen-bond donors (Lipinski definition) is 3. The quantitative estimate of drug-likeness (QED) is 0.573. The molecule has 0 amide bonds. The molecule has 0 aliphatic carbocycles. The zero-order chi connectivity index (χ0) is 14.5. The number of nitrogens with zero attached hydrogens (tertiary/aromatic N) is 2. The van der Waals surface area contributed by atoms with E-state index < -0.39 is 5.82 Å². The van der Waals surface area contributed by atoms with E-state index in [4.69, 9.17) is 10.6 Å². The van der Waals surface area contributed by atoms with Gasteiger partial charge in [0.05, 0.1) is 19.3 Å². The highest BCUT2D eigenvalue weighted by atomic mass is 19.1. The minimum Gasteiger partial charge on any atom is -0.497 e. The first kappa shape index (κ1) is 14.0. The summed E-state index contributed by atoms with van der Waals surface area (Å²) in [4.78, 5) is 7.61. The first-order valence-corrected chi connectivity index (χ1v) is 6.03. The van der Waals surface area contributed by atoms with Gasteiger partial charge in [-0.2, -0.15) is 4.98 Å². The van der Waals surface area contributed by atoms with E-state index in [1.54, 1.807) is 7.11 Å². The van der Waals surface area contributed by atoms with Crippen LogP contribution in [0.5, 0.6) is 5.75 Å². The zero-order valence-electron chi connectivity index (χ0n) is 11.2. The molecule has 0 bridgehead atoms. The first-order valence-electron chi connectivity index (χ1n) is 6.03. The van der Waals surface area contributed by atoms with Crippen molar-refractivity contribution in [2.45, 2.75) is 13.0 Å². The lowest BCUT2D eigenvalue weighted by Gasteiger charge is -2.16. The minimum atomic E-state index is -0.538. The summed E-state index contributed by atoms with van der Waals surface area (Å²) in [6.07, 6.45) is 1.06. The molecule has 0 aliphatic rings. The molecule has 6 nitrogen and oxygen atoms in total. The molecule has 7 heteroatoms. The summed E-state index contributed by atoms with van der Waals surface area (Å²) in [6.45, 7) is 1.90. The number of nitrogen functional groups attached to an aromatic ring is 1. The van der Waals surface area contributed by atoms with E-state index in [9.17, 15) is 4.39 Å². The van der Waals surface area contributed by atoms with Crippen LogP contribution < -0.4 is 21.3 Å². The van der Waals surface area contributed by atoms with E-state index >= 15 is 0 Å². The Morgan fingerprint density at radius 1 is 1.30 bits per heavy atom. The van der Waals surface area contributed by atoms with Crippen molar-refractivity contribution >= 4 is 11.8 Å². The number of aromatic nitrogens is 2. The van der Waals surface area contributed by atoms with Gasteiger partial charge in [0.2, 0.25) is 5.95 Å². The molecular weight excluding hydrogens is 261 g/mol. The molecule has 2 rings (SSSR count). The van der Waals surface area contributed by atoms with Crippen LogP contribution in [0.25, 0.3) is 0 Å². The second-order valence-corrected chi connectivity index (χ2v) is 4.17. The summed E-state index contributed by atoms with van der Waals surface area (Å²) in [7, 11) is 1.61. The Labute approximate surface area is 116 Å². The van der Waals surface area contributed by atoms with Gasteiger partial charge in [-0.25, -0.2) is 15.2 Å². The molecule has 0 saturated carbocycles. The molecular formula is C13H16FN5O. The number of benzene rings is 1. The Hall–Kier alpha value is -2.41. The van der Waals surface area contributed by atoms with Crippen LogP contribution >= 0.6 is 0 Å². The molecule has 106 valence electrons. The van der Waals surface area contributed by atoms with Crippen molar-refractivity contribution in [3.63, 3.8) is 0 Å². The molecule has 0 saturated heterocycles. The van der Waals surface area contributed by atoms with Crippen LogP contribution in [-0.4, -0.2) is 17.1 Å². The van der Waals surface area contributed by atoms with Crippen LogP contribution in [-0.2, 0) is 0 Å². The van der Waals surface area contributed by atoms with Gasteiger partial charge in [0.25, 0.3) is 0 Å². The molecule has 1 unspecified atom stereocenters. The van der Waals surface area contributed by atoms with Crippen molar-refractivity contribution in [2.75, 3.05) is 17.9 Å². The second-order valence-electron chi connectivity index (χ2n) is 4.17. The Kier molecular flexibility index (Phi) is 4.31. The lowest BCUT2D eigenvalue weighted by atomic mass is 10.1. The Morgan fingerprint density at radius 2 is 2.00 bits per heavy atom. The minimum absolute atomic E-state index is 0.0938. The van der Waals surface area contributed by atoms with E-state index in [0.717, 1.165) is 17.5 Å². The maximum absolute atomic E-state index is 13.6. The van der Waals surface area contributed by atoms with Gasteiger partial charge in [0.1, 0.15) is 5.75 Å². The van der Waals surface area contributed by atoms with Gasteiger partial charge in [-0.15, -0.1) is 0 Å². The fourth-order valence-electron chi connectivity index (χ4n) is 1.72. The maximum Gasteiger partial charge on any atom is 0.239 e. The molecule has 0 fully saturated rings. The Bertz CT molecular complexity index is 575. The topological polar surface area (TPSA) is 85.1 Å². The van der Waals surface area contributed by atoms with Gasteiger partial charge in [0.15, 0.2) is 11.6 Å². The third-order valence-electron chi connectivity index (χ3n) is 2.84. The van der Waals surface area contributed by atoms with Crippen molar-refractivity contribution in [3.05, 3.63) is 41.8 Å². The highest BCUT2D eigenvalue weighted by Gasteiger charge is 2.11. The summed E-state index contributed by atoms with van der Waals surface area (Å²) in [5.74, 6) is 5.68. The molecule has 0 aliphatic heterocycles. The molecule has 2 aromatic rings. The van der Waals surface area contributed by atoms with Crippen LogP contribution in [0.2, 0.25) is 0 Å². The fraction of sp³-hybridized carbons (Fsp3) is 0.231. The number of nitrogens with one attached hydrogen (secondary N) is 2. The van der Waals surface area contributed by atoms with E-state index in [-0.39, 0.29) is 17.8 Å². The number of ether oxygens (including phenoxy) is 1. The van der Waals surface area contributed by atoms with Crippen molar-refractivity contribution in [1.29, 1.82) is 0 Å². The average Bonchev–Trinajstić information content (AvgIpc) is 2.49. The lowest BCUT2D eigenvalue weighted by Crippen LogP contribution is -2.14. The van der Waals surface area contributed by atoms with Gasteiger partial charge < -0.3 is 10.1 Å². The van der Waals surface area contributed by atoms with E-state index in [1.807, 2.05) is 31.2 Å². The predicted molar refractivity (Wildman–Crippen MR) is 74.8 cm³/mol. The highest BCUT2D eigenvalue weighted by molar-refractivity contribution is 5.43. The highest BCUT2D eigenvalue weighted by Crippen LogP contribution is 2.22. The zero-order valence-corrected chi connectivity index (χ0v) is 11.2. The summed E-state index contributed by atoms with van der Waals surface area (Å²) < 4.78 is 18.7. The molecule has 1 atom stereocenters. The molecule has 1 aromatic heterocycles. The summed E-state index contributed by atoms with van der Waals surface area (Å²) in [5.41, 5.74) is 3.26. The van der Waals surface area contributed by atoms with E-state index in [0.29, 0.717) is 0 Å². The number of anilines is 2. The van der Waals surface area contributed by atoms with Crippen LogP contribution in [0.4, 0.5) is 16.2 Å². The SMILES string of the molecule is COc1ccc(C(C)Nc2nc(NN)ncc2F)cc1. The fourth-order valence-corrected chi connectivity index (χ4v) is 1.72. The van der Waals surface area contributed by atoms with Crippen molar-refractivity contribution in [3.8, 4) is 5.75 Å². The van der Waals surface area contributed by atoms with Crippen LogP contribution in [0.15, 0.2) is 30.5 Å². The average molecular weight is 277 g/mol. The van der Waals surface area contributed by atoms with Gasteiger partial charge in [0, 0.05) is 0 Å². The molecule has 1 aromatic carbocycles. The number of methoxy groups -OCH3 is 1.